The Labute approximate surface area is 141 Å². The van der Waals surface area contributed by atoms with E-state index in [0.29, 0.717) is 27.9 Å². The van der Waals surface area contributed by atoms with Gasteiger partial charge in [0, 0.05) is 16.5 Å². The van der Waals surface area contributed by atoms with Gasteiger partial charge in [-0.3, -0.25) is 10.2 Å². The molecule has 2 aromatic carbocycles. The zero-order chi connectivity index (χ0) is 17.6. The number of aromatic nitrogens is 1. The Hall–Kier alpha value is -3.61. The standard InChI is InChI=1S/C18H14N4O3/c19-15(20)10-5-6-12-13(7-10)17(25-18(12)24)22-14-8-9-3-1-2-4-11(9)16(23)21-14/h1-8,17H,(H3,19,20)(H2,21,22,23). The highest BCUT2D eigenvalue weighted by Gasteiger charge is 2.31. The van der Waals surface area contributed by atoms with Crippen molar-refractivity contribution in [1.29, 1.82) is 5.41 Å². The van der Waals surface area contributed by atoms with E-state index < -0.39 is 12.2 Å². The first kappa shape index (κ1) is 14.9. The average Bonchev–Trinajstić information content (AvgIpc) is 2.90. The Morgan fingerprint density at radius 1 is 1.16 bits per heavy atom. The molecule has 5 N–H and O–H groups in total. The monoisotopic (exact) mass is 334 g/mol. The summed E-state index contributed by atoms with van der Waals surface area (Å²) in [4.78, 5) is 26.9. The lowest BCUT2D eigenvalue weighted by atomic mass is 10.0. The zero-order valence-corrected chi connectivity index (χ0v) is 13.0. The van der Waals surface area contributed by atoms with Gasteiger partial charge in [-0.2, -0.15) is 0 Å². The maximum Gasteiger partial charge on any atom is 0.340 e. The SMILES string of the molecule is N=C(N)c1ccc2c(c1)C(Nc1cc3ccccc3c(=O)[nH]1)OC2=O. The minimum absolute atomic E-state index is 0.0972. The summed E-state index contributed by atoms with van der Waals surface area (Å²) >= 11 is 0. The number of nitrogens with two attached hydrogens (primary N) is 1. The minimum Gasteiger partial charge on any atom is -0.434 e. The average molecular weight is 334 g/mol. The number of ether oxygens (including phenoxy) is 1. The van der Waals surface area contributed by atoms with Gasteiger partial charge in [0.1, 0.15) is 11.7 Å². The van der Waals surface area contributed by atoms with Crippen molar-refractivity contribution in [3.8, 4) is 0 Å². The summed E-state index contributed by atoms with van der Waals surface area (Å²) in [6, 6.07) is 13.8. The molecule has 1 aliphatic rings. The number of H-pyrrole nitrogens is 1. The van der Waals surface area contributed by atoms with Crippen molar-refractivity contribution >= 4 is 28.4 Å². The highest BCUT2D eigenvalue weighted by atomic mass is 16.6. The molecule has 0 aliphatic carbocycles. The van der Waals surface area contributed by atoms with Crippen LogP contribution in [0, 0.1) is 5.41 Å². The van der Waals surface area contributed by atoms with Gasteiger partial charge < -0.3 is 20.8 Å². The summed E-state index contributed by atoms with van der Waals surface area (Å²) in [5, 5.41) is 11.9. The number of aromatic amines is 1. The third kappa shape index (κ3) is 2.51. The normalized spacial score (nSPS) is 15.7. The molecule has 1 unspecified atom stereocenters. The molecule has 7 nitrogen and oxygen atoms in total. The molecule has 7 heteroatoms. The van der Waals surface area contributed by atoms with E-state index >= 15 is 0 Å². The number of carbonyl (C=O) groups excluding carboxylic acids is 1. The van der Waals surface area contributed by atoms with E-state index in [1.54, 1.807) is 36.4 Å². The fourth-order valence-electron chi connectivity index (χ4n) is 2.90. The molecule has 0 amide bonds. The van der Waals surface area contributed by atoms with Crippen LogP contribution in [0.25, 0.3) is 10.8 Å². The number of esters is 1. The molecular weight excluding hydrogens is 320 g/mol. The van der Waals surface area contributed by atoms with Crippen molar-refractivity contribution in [3.63, 3.8) is 0 Å². The van der Waals surface area contributed by atoms with Crippen LogP contribution >= 0.6 is 0 Å². The molecule has 0 saturated carbocycles. The maximum atomic E-state index is 12.2. The summed E-state index contributed by atoms with van der Waals surface area (Å²) in [5.41, 5.74) is 6.76. The van der Waals surface area contributed by atoms with E-state index in [0.717, 1.165) is 5.39 Å². The van der Waals surface area contributed by atoms with Gasteiger partial charge in [-0.25, -0.2) is 4.79 Å². The topological polar surface area (TPSA) is 121 Å². The molecule has 1 aliphatic heterocycles. The Morgan fingerprint density at radius 3 is 2.76 bits per heavy atom. The largest absolute Gasteiger partial charge is 0.434 e. The fraction of sp³-hybridized carbons (Fsp3) is 0.0556. The van der Waals surface area contributed by atoms with Gasteiger partial charge in [0.15, 0.2) is 0 Å². The number of nitrogen functional groups attached to an aromatic ring is 1. The number of hydrogen-bond acceptors (Lipinski definition) is 5. The molecule has 0 radical (unpaired) electrons. The second kappa shape index (κ2) is 5.48. The third-order valence-corrected chi connectivity index (χ3v) is 4.13. The molecule has 3 aromatic rings. The Kier molecular flexibility index (Phi) is 3.28. The molecule has 0 spiro atoms. The van der Waals surface area contributed by atoms with Crippen LogP contribution in [0.1, 0.15) is 27.7 Å². The van der Waals surface area contributed by atoms with Gasteiger partial charge in [0.2, 0.25) is 6.23 Å². The first-order valence-corrected chi connectivity index (χ1v) is 7.61. The second-order valence-corrected chi connectivity index (χ2v) is 5.74. The molecule has 0 fully saturated rings. The van der Waals surface area contributed by atoms with Crippen LogP contribution in [-0.2, 0) is 4.74 Å². The smallest absolute Gasteiger partial charge is 0.340 e. The highest BCUT2D eigenvalue weighted by molar-refractivity contribution is 5.99. The van der Waals surface area contributed by atoms with Crippen molar-refractivity contribution in [2.45, 2.75) is 6.23 Å². The van der Waals surface area contributed by atoms with Gasteiger partial charge in [0.05, 0.1) is 5.56 Å². The number of amidine groups is 1. The van der Waals surface area contributed by atoms with Crippen molar-refractivity contribution in [2.75, 3.05) is 5.32 Å². The van der Waals surface area contributed by atoms with E-state index in [4.69, 9.17) is 15.9 Å². The molecule has 2 heterocycles. The van der Waals surface area contributed by atoms with Crippen LogP contribution in [-0.4, -0.2) is 16.8 Å². The number of hydrogen-bond donors (Lipinski definition) is 4. The van der Waals surface area contributed by atoms with Crippen molar-refractivity contribution in [1.82, 2.24) is 4.98 Å². The zero-order valence-electron chi connectivity index (χ0n) is 13.0. The number of anilines is 1. The predicted octanol–water partition coefficient (Wildman–Crippen LogP) is 2.09. The summed E-state index contributed by atoms with van der Waals surface area (Å²) in [7, 11) is 0. The van der Waals surface area contributed by atoms with E-state index in [9.17, 15) is 9.59 Å². The van der Waals surface area contributed by atoms with Crippen molar-refractivity contribution in [2.24, 2.45) is 5.73 Å². The third-order valence-electron chi connectivity index (χ3n) is 4.13. The number of fused-ring (bicyclic) bond motifs is 2. The first-order chi connectivity index (χ1) is 12.0. The van der Waals surface area contributed by atoms with Crippen molar-refractivity contribution in [3.05, 3.63) is 75.6 Å². The van der Waals surface area contributed by atoms with Gasteiger partial charge in [-0.05, 0) is 29.7 Å². The molecule has 25 heavy (non-hydrogen) atoms. The predicted molar refractivity (Wildman–Crippen MR) is 93.8 cm³/mol. The molecule has 0 saturated heterocycles. The molecule has 4 rings (SSSR count). The fourth-order valence-corrected chi connectivity index (χ4v) is 2.90. The van der Waals surface area contributed by atoms with Gasteiger partial charge in [-0.15, -0.1) is 0 Å². The minimum atomic E-state index is -0.765. The lowest BCUT2D eigenvalue weighted by molar-refractivity contribution is 0.0436. The first-order valence-electron chi connectivity index (χ1n) is 7.61. The quantitative estimate of drug-likeness (QED) is 0.332. The summed E-state index contributed by atoms with van der Waals surface area (Å²) < 4.78 is 5.34. The van der Waals surface area contributed by atoms with Crippen LogP contribution in [0.3, 0.4) is 0 Å². The summed E-state index contributed by atoms with van der Waals surface area (Å²) in [5.74, 6) is -0.131. The van der Waals surface area contributed by atoms with E-state index in [1.807, 2.05) is 12.1 Å². The Morgan fingerprint density at radius 2 is 1.96 bits per heavy atom. The second-order valence-electron chi connectivity index (χ2n) is 5.74. The van der Waals surface area contributed by atoms with Crippen LogP contribution in [0.15, 0.2) is 53.3 Å². The number of rotatable bonds is 3. The number of benzene rings is 2. The van der Waals surface area contributed by atoms with E-state index in [1.165, 1.54) is 0 Å². The number of carbonyl (C=O) groups is 1. The highest BCUT2D eigenvalue weighted by Crippen LogP contribution is 2.32. The van der Waals surface area contributed by atoms with Crippen LogP contribution in [0.5, 0.6) is 0 Å². The molecule has 1 aromatic heterocycles. The molecule has 124 valence electrons. The van der Waals surface area contributed by atoms with Gasteiger partial charge in [0.25, 0.3) is 5.56 Å². The van der Waals surface area contributed by atoms with Gasteiger partial charge in [-0.1, -0.05) is 24.3 Å². The summed E-state index contributed by atoms with van der Waals surface area (Å²) in [6.45, 7) is 0. The lowest BCUT2D eigenvalue weighted by Crippen LogP contribution is -2.16. The molecular formula is C18H14N4O3. The Bertz CT molecular complexity index is 1090. The number of pyridine rings is 1. The maximum absolute atomic E-state index is 12.2. The van der Waals surface area contributed by atoms with E-state index in [-0.39, 0.29) is 11.4 Å². The van der Waals surface area contributed by atoms with Crippen molar-refractivity contribution < 1.29 is 9.53 Å². The number of nitrogens with one attached hydrogen (secondary N) is 3. The van der Waals surface area contributed by atoms with Gasteiger partial charge >= 0.3 is 5.97 Å². The van der Waals surface area contributed by atoms with Crippen LogP contribution in [0.2, 0.25) is 0 Å². The van der Waals surface area contributed by atoms with Crippen LogP contribution in [0.4, 0.5) is 5.82 Å². The summed E-state index contributed by atoms with van der Waals surface area (Å²) in [6.07, 6.45) is -0.765. The van der Waals surface area contributed by atoms with Crippen LogP contribution < -0.4 is 16.6 Å². The Balaban J connectivity index is 1.73. The number of cyclic esters (lactones) is 1. The lowest BCUT2D eigenvalue weighted by Gasteiger charge is -2.15. The molecule has 1 atom stereocenters. The molecule has 0 bridgehead atoms. The van der Waals surface area contributed by atoms with E-state index in [2.05, 4.69) is 10.3 Å².